The minimum absolute atomic E-state index is 0.0170. The third-order valence-electron chi connectivity index (χ3n) is 2.59. The minimum atomic E-state index is -3.52. The molecule has 0 radical (unpaired) electrons. The van der Waals surface area contributed by atoms with Gasteiger partial charge in [-0.25, -0.2) is 4.79 Å². The number of carbonyl (C=O) groups is 1. The van der Waals surface area contributed by atoms with E-state index < -0.39 is 13.6 Å². The van der Waals surface area contributed by atoms with Gasteiger partial charge in [-0.15, -0.1) is 11.8 Å². The molecule has 23 heavy (non-hydrogen) atoms. The number of hydrogen-bond donors (Lipinski definition) is 1. The van der Waals surface area contributed by atoms with Gasteiger partial charge >= 0.3 is 13.6 Å². The third-order valence-corrected chi connectivity index (χ3v) is 7.45. The number of rotatable bonds is 9. The monoisotopic (exact) mass is 392 g/mol. The van der Waals surface area contributed by atoms with Gasteiger partial charge in [-0.1, -0.05) is 36.6 Å². The van der Waals surface area contributed by atoms with Gasteiger partial charge in [0.25, 0.3) is 0 Å². The first kappa shape index (κ1) is 20.4. The fourth-order valence-electron chi connectivity index (χ4n) is 1.56. The van der Waals surface area contributed by atoms with Gasteiger partial charge in [0.05, 0.1) is 23.0 Å². The molecule has 0 heterocycles. The van der Waals surface area contributed by atoms with E-state index in [1.165, 1.54) is 23.9 Å². The maximum Gasteiger partial charge on any atom is 0.374 e. The molecule has 0 amide bonds. The molecule has 0 aliphatic carbocycles. The Bertz CT molecular complexity index is 620. The largest absolute Gasteiger partial charge is 0.478 e. The zero-order valence-corrected chi connectivity index (χ0v) is 16.0. The van der Waals surface area contributed by atoms with Gasteiger partial charge in [0.15, 0.2) is 4.61 Å². The van der Waals surface area contributed by atoms with E-state index in [2.05, 4.69) is 0 Å². The van der Waals surface area contributed by atoms with Gasteiger partial charge in [-0.2, -0.15) is 0 Å². The fourth-order valence-corrected chi connectivity index (χ4v) is 4.92. The molecule has 0 aliphatic rings. The lowest BCUT2D eigenvalue weighted by atomic mass is 10.1. The summed E-state index contributed by atoms with van der Waals surface area (Å²) in [4.78, 5) is 10.8. The molecule has 0 saturated heterocycles. The predicted octanol–water partition coefficient (Wildman–Crippen LogP) is 4.54. The number of benzene rings is 1. The molecule has 1 aromatic rings. The second-order valence-corrected chi connectivity index (χ2v) is 8.54. The van der Waals surface area contributed by atoms with Crippen LogP contribution in [0.4, 0.5) is 0 Å². The summed E-state index contributed by atoms with van der Waals surface area (Å²) in [5.41, 5.74) is 1.10. The van der Waals surface area contributed by atoms with Crippen molar-refractivity contribution < 1.29 is 23.5 Å². The molecule has 0 aliphatic heterocycles. The van der Waals surface area contributed by atoms with Gasteiger partial charge in [-0.3, -0.25) is 4.57 Å². The molecule has 126 valence electrons. The number of aromatic carboxylic acids is 1. The van der Waals surface area contributed by atoms with E-state index in [1.54, 1.807) is 26.0 Å². The Morgan fingerprint density at radius 3 is 2.13 bits per heavy atom. The van der Waals surface area contributed by atoms with Crippen LogP contribution in [0.2, 0.25) is 0 Å². The van der Waals surface area contributed by atoms with Gasteiger partial charge in [0.2, 0.25) is 0 Å². The molecule has 9 heteroatoms. The van der Waals surface area contributed by atoms with Crippen LogP contribution in [-0.4, -0.2) is 33.1 Å². The van der Waals surface area contributed by atoms with E-state index in [9.17, 15) is 9.36 Å². The standard InChI is InChI=1S/C14H17O5PS3/c1-3-18-20(17,19-4-2)13(21)14(22)23-9-10-5-7-11(8-6-10)12(15)16/h5-8H,3-4,9H2,1-2H3,(H,15,16). The van der Waals surface area contributed by atoms with E-state index >= 15 is 0 Å². The highest BCUT2D eigenvalue weighted by Crippen LogP contribution is 2.51. The van der Waals surface area contributed by atoms with Crippen molar-refractivity contribution in [3.63, 3.8) is 0 Å². The lowest BCUT2D eigenvalue weighted by Crippen LogP contribution is -2.11. The highest BCUT2D eigenvalue weighted by molar-refractivity contribution is 8.29. The quantitative estimate of drug-likeness (QED) is 0.485. The summed E-state index contributed by atoms with van der Waals surface area (Å²) in [5, 5.41) is 8.86. The van der Waals surface area contributed by atoms with Crippen LogP contribution in [-0.2, 0) is 19.4 Å². The van der Waals surface area contributed by atoms with Crippen molar-refractivity contribution in [2.75, 3.05) is 13.2 Å². The number of thiocarbonyl (C=S) groups is 2. The van der Waals surface area contributed by atoms with Crippen LogP contribution in [0, 0.1) is 0 Å². The van der Waals surface area contributed by atoms with Crippen molar-refractivity contribution in [2.24, 2.45) is 0 Å². The summed E-state index contributed by atoms with van der Waals surface area (Å²) in [7, 11) is -3.52. The zero-order chi connectivity index (χ0) is 17.5. The molecule has 1 N–H and O–H groups in total. The first-order valence-corrected chi connectivity index (χ1v) is 10.1. The molecule has 0 saturated carbocycles. The van der Waals surface area contributed by atoms with Gasteiger partial charge in [0.1, 0.15) is 0 Å². The second-order valence-electron chi connectivity index (χ2n) is 4.22. The average molecular weight is 392 g/mol. The van der Waals surface area contributed by atoms with Gasteiger partial charge in [0, 0.05) is 5.75 Å². The Hall–Kier alpha value is -0.630. The van der Waals surface area contributed by atoms with Crippen molar-refractivity contribution in [1.82, 2.24) is 0 Å². The van der Waals surface area contributed by atoms with Crippen LogP contribution >= 0.6 is 43.8 Å². The molecule has 0 spiro atoms. The van der Waals surface area contributed by atoms with Crippen molar-refractivity contribution in [2.45, 2.75) is 19.6 Å². The minimum Gasteiger partial charge on any atom is -0.478 e. The molecule has 0 atom stereocenters. The van der Waals surface area contributed by atoms with E-state index in [0.717, 1.165) is 5.56 Å². The number of carboxylic acid groups (broad SMARTS) is 1. The van der Waals surface area contributed by atoms with Crippen molar-refractivity contribution in [1.29, 1.82) is 0 Å². The summed E-state index contributed by atoms with van der Waals surface area (Å²) in [6.07, 6.45) is 0. The first-order chi connectivity index (χ1) is 10.8. The normalized spacial score (nSPS) is 11.2. The summed E-state index contributed by atoms with van der Waals surface area (Å²) < 4.78 is 23.2. The summed E-state index contributed by atoms with van der Waals surface area (Å²) in [6.45, 7) is 3.83. The van der Waals surface area contributed by atoms with E-state index in [1.807, 2.05) is 0 Å². The SMILES string of the molecule is CCOP(=O)(OCC)C(=S)C(=S)SCc1ccc(C(=O)O)cc1. The Morgan fingerprint density at radius 1 is 1.17 bits per heavy atom. The lowest BCUT2D eigenvalue weighted by Gasteiger charge is -2.17. The van der Waals surface area contributed by atoms with Crippen molar-refractivity contribution >= 4 is 58.6 Å². The van der Waals surface area contributed by atoms with E-state index in [-0.39, 0.29) is 27.6 Å². The topological polar surface area (TPSA) is 72.8 Å². The number of carboxylic acids is 1. The molecular weight excluding hydrogens is 375 g/mol. The Balaban J connectivity index is 2.69. The van der Waals surface area contributed by atoms with Crippen LogP contribution in [0.25, 0.3) is 0 Å². The molecule has 0 bridgehead atoms. The lowest BCUT2D eigenvalue weighted by molar-refractivity contribution is 0.0697. The second kappa shape index (κ2) is 9.61. The van der Waals surface area contributed by atoms with Gasteiger partial charge < -0.3 is 14.2 Å². The number of thioether (sulfide) groups is 1. The molecule has 0 aromatic heterocycles. The van der Waals surface area contributed by atoms with Crippen molar-refractivity contribution in [3.05, 3.63) is 35.4 Å². The maximum absolute atomic E-state index is 12.5. The fraction of sp³-hybridized carbons (Fsp3) is 0.357. The highest BCUT2D eigenvalue weighted by atomic mass is 32.2. The molecule has 0 fully saturated rings. The van der Waals surface area contributed by atoms with Crippen molar-refractivity contribution in [3.8, 4) is 0 Å². The number of hydrogen-bond acceptors (Lipinski definition) is 7. The predicted molar refractivity (Wildman–Crippen MR) is 101 cm³/mol. The molecular formula is C14H17O5PS3. The Kier molecular flexibility index (Phi) is 8.53. The van der Waals surface area contributed by atoms with Crippen LogP contribution < -0.4 is 0 Å². The smallest absolute Gasteiger partial charge is 0.374 e. The molecule has 1 rings (SSSR count). The Morgan fingerprint density at radius 2 is 1.70 bits per heavy atom. The summed E-state index contributed by atoms with van der Waals surface area (Å²) in [5.74, 6) is -0.493. The van der Waals surface area contributed by atoms with E-state index in [4.69, 9.17) is 38.6 Å². The highest BCUT2D eigenvalue weighted by Gasteiger charge is 2.32. The van der Waals surface area contributed by atoms with E-state index in [0.29, 0.717) is 5.75 Å². The maximum atomic E-state index is 12.5. The van der Waals surface area contributed by atoms with Crippen LogP contribution in [0.3, 0.4) is 0 Å². The van der Waals surface area contributed by atoms with Gasteiger partial charge in [-0.05, 0) is 31.5 Å². The molecule has 0 unspecified atom stereocenters. The summed E-state index contributed by atoms with van der Waals surface area (Å²) in [6, 6.07) is 6.44. The van der Waals surface area contributed by atoms with Crippen LogP contribution in [0.15, 0.2) is 24.3 Å². The van der Waals surface area contributed by atoms with Crippen LogP contribution in [0.1, 0.15) is 29.8 Å². The van der Waals surface area contributed by atoms with Crippen LogP contribution in [0.5, 0.6) is 0 Å². The molecule has 1 aromatic carbocycles. The third kappa shape index (κ3) is 6.06. The summed E-state index contributed by atoms with van der Waals surface area (Å²) >= 11 is 11.6. The molecule has 5 nitrogen and oxygen atoms in total. The zero-order valence-electron chi connectivity index (χ0n) is 12.7. The average Bonchev–Trinajstić information content (AvgIpc) is 2.52. The Labute approximate surface area is 150 Å². The first-order valence-electron chi connectivity index (χ1n) is 6.77.